The molecule has 0 saturated carbocycles. The van der Waals surface area contributed by atoms with Gasteiger partial charge in [0.05, 0.1) is 5.41 Å². The Balaban J connectivity index is 0.996. The van der Waals surface area contributed by atoms with E-state index in [1.165, 1.54) is 77.2 Å². The highest BCUT2D eigenvalue weighted by Gasteiger charge is 2.52. The maximum Gasteiger partial charge on any atom is 0.140 e. The van der Waals surface area contributed by atoms with Gasteiger partial charge in [0.15, 0.2) is 0 Å². The molecule has 0 saturated heterocycles. The molecule has 1 spiro atoms. The fraction of sp³-hybridized carbons (Fsp3) is 0.0164. The molecule has 0 radical (unpaired) electrons. The van der Waals surface area contributed by atoms with Crippen LogP contribution in [0.15, 0.2) is 237 Å². The summed E-state index contributed by atoms with van der Waals surface area (Å²) in [5, 5.41) is 7.01. The van der Waals surface area contributed by atoms with Crippen LogP contribution >= 0.6 is 0 Å². The van der Waals surface area contributed by atoms with Crippen molar-refractivity contribution in [3.63, 3.8) is 0 Å². The minimum Gasteiger partial charge on any atom is -0.455 e. The van der Waals surface area contributed by atoms with E-state index in [2.05, 4.69) is 241 Å². The molecule has 0 unspecified atom stereocenters. The van der Waals surface area contributed by atoms with Crippen LogP contribution in [0.1, 0.15) is 22.3 Å². The first-order valence-electron chi connectivity index (χ1n) is 21.7. The summed E-state index contributed by atoms with van der Waals surface area (Å²) in [6, 6.07) is 86.4. The van der Waals surface area contributed by atoms with Crippen molar-refractivity contribution in [2.24, 2.45) is 0 Å². The molecule has 0 amide bonds. The number of nitrogens with zero attached hydrogens (tertiary/aromatic N) is 1. The highest BCUT2D eigenvalue weighted by Crippen LogP contribution is 2.65. The molecule has 13 rings (SSSR count). The molecule has 1 heterocycles. The molecule has 2 heteroatoms. The Kier molecular flexibility index (Phi) is 7.85. The molecule has 294 valence electrons. The second-order valence-electron chi connectivity index (χ2n) is 16.8. The first-order valence-corrected chi connectivity index (χ1v) is 21.7. The summed E-state index contributed by atoms with van der Waals surface area (Å²) in [6.07, 6.45) is 0. The summed E-state index contributed by atoms with van der Waals surface area (Å²) in [7, 11) is 0. The first kappa shape index (κ1) is 35.5. The SMILES string of the molecule is c1ccc(-c2ccc(N(c3ccc(-c4cccc5c4-c4ccccc4C54c5ccc6ccccc6c5Oc5c4ccc4ccccc54)cc3)c3ccc4ccccc4c3)cc2)cc1. The molecule has 0 aromatic heterocycles. The minimum absolute atomic E-state index is 0.600. The van der Waals surface area contributed by atoms with Crippen LogP contribution in [0.25, 0.3) is 65.7 Å². The van der Waals surface area contributed by atoms with Crippen molar-refractivity contribution in [1.82, 2.24) is 0 Å². The summed E-state index contributed by atoms with van der Waals surface area (Å²) in [5.41, 5.74) is 14.9. The highest BCUT2D eigenvalue weighted by atomic mass is 16.5. The number of rotatable bonds is 5. The van der Waals surface area contributed by atoms with Crippen LogP contribution in [-0.4, -0.2) is 0 Å². The van der Waals surface area contributed by atoms with Gasteiger partial charge in [-0.1, -0.05) is 200 Å². The molecule has 1 aliphatic heterocycles. The number of hydrogen-bond donors (Lipinski definition) is 0. The average molecular weight is 802 g/mol. The van der Waals surface area contributed by atoms with Gasteiger partial charge in [-0.15, -0.1) is 0 Å². The van der Waals surface area contributed by atoms with Gasteiger partial charge in [-0.2, -0.15) is 0 Å². The average Bonchev–Trinajstić information content (AvgIpc) is 3.65. The van der Waals surface area contributed by atoms with Gasteiger partial charge in [0.1, 0.15) is 11.5 Å². The van der Waals surface area contributed by atoms with Crippen molar-refractivity contribution in [2.45, 2.75) is 5.41 Å². The molecule has 63 heavy (non-hydrogen) atoms. The number of benzene rings is 11. The second kappa shape index (κ2) is 13.9. The number of hydrogen-bond acceptors (Lipinski definition) is 2. The molecule has 0 fully saturated rings. The lowest BCUT2D eigenvalue weighted by Crippen LogP contribution is -2.32. The van der Waals surface area contributed by atoms with E-state index >= 15 is 0 Å². The van der Waals surface area contributed by atoms with Gasteiger partial charge in [0.25, 0.3) is 0 Å². The fourth-order valence-corrected chi connectivity index (χ4v) is 10.7. The lowest BCUT2D eigenvalue weighted by Gasteiger charge is -2.40. The standard InChI is InChI=1S/C61H39NO/c1-2-13-40(14-3-1)42-25-32-47(33-26-42)62(49-36-27-41-15-4-5-18-46(41)39-49)48-34-28-45(29-35-48)50-22-12-24-55-58(50)53-21-10-11-23-54(53)61(55)56-37-30-43-16-6-8-19-51(43)59(56)63-60-52-20-9-7-17-44(52)31-38-57(60)61/h1-39H. The molecule has 0 atom stereocenters. The van der Waals surface area contributed by atoms with E-state index in [-0.39, 0.29) is 0 Å². The van der Waals surface area contributed by atoms with E-state index < -0.39 is 5.41 Å². The van der Waals surface area contributed by atoms with E-state index in [1.54, 1.807) is 0 Å². The fourth-order valence-electron chi connectivity index (χ4n) is 10.7. The van der Waals surface area contributed by atoms with E-state index in [0.717, 1.165) is 39.3 Å². The quantitative estimate of drug-likeness (QED) is 0.172. The zero-order valence-electron chi connectivity index (χ0n) is 34.4. The third-order valence-electron chi connectivity index (χ3n) is 13.5. The Morgan fingerprint density at radius 3 is 1.48 bits per heavy atom. The number of anilines is 3. The van der Waals surface area contributed by atoms with Gasteiger partial charge in [-0.3, -0.25) is 0 Å². The number of fused-ring (bicyclic) bond motifs is 14. The molecule has 2 nitrogen and oxygen atoms in total. The predicted octanol–water partition coefficient (Wildman–Crippen LogP) is 16.4. The van der Waals surface area contributed by atoms with Gasteiger partial charge < -0.3 is 9.64 Å². The summed E-state index contributed by atoms with van der Waals surface area (Å²) in [4.78, 5) is 2.37. The Hall–Kier alpha value is -8.20. The van der Waals surface area contributed by atoms with Crippen LogP contribution in [0.5, 0.6) is 11.5 Å². The van der Waals surface area contributed by atoms with E-state index in [0.29, 0.717) is 0 Å². The van der Waals surface area contributed by atoms with Crippen molar-refractivity contribution in [2.75, 3.05) is 4.90 Å². The summed E-state index contributed by atoms with van der Waals surface area (Å²) < 4.78 is 7.19. The van der Waals surface area contributed by atoms with Crippen LogP contribution in [0.2, 0.25) is 0 Å². The Bertz CT molecular complexity index is 3500. The molecule has 0 bridgehead atoms. The third-order valence-corrected chi connectivity index (χ3v) is 13.5. The minimum atomic E-state index is -0.600. The predicted molar refractivity (Wildman–Crippen MR) is 262 cm³/mol. The van der Waals surface area contributed by atoms with Gasteiger partial charge in [0, 0.05) is 39.0 Å². The molecular formula is C61H39NO. The lowest BCUT2D eigenvalue weighted by atomic mass is 9.65. The smallest absolute Gasteiger partial charge is 0.140 e. The number of ether oxygens (including phenoxy) is 1. The summed E-state index contributed by atoms with van der Waals surface area (Å²) in [5.74, 6) is 1.86. The van der Waals surface area contributed by atoms with Crippen LogP contribution in [0.4, 0.5) is 17.1 Å². The largest absolute Gasteiger partial charge is 0.455 e. The Morgan fingerprint density at radius 2 is 0.794 bits per heavy atom. The summed E-state index contributed by atoms with van der Waals surface area (Å²) >= 11 is 0. The van der Waals surface area contributed by atoms with Crippen molar-refractivity contribution in [3.05, 3.63) is 259 Å². The van der Waals surface area contributed by atoms with Gasteiger partial charge >= 0.3 is 0 Å². The molecule has 2 aliphatic rings. The highest BCUT2D eigenvalue weighted by molar-refractivity contribution is 6.02. The molecule has 1 aliphatic carbocycles. The van der Waals surface area contributed by atoms with Gasteiger partial charge in [-0.05, 0) is 102 Å². The zero-order valence-corrected chi connectivity index (χ0v) is 34.4. The monoisotopic (exact) mass is 801 g/mol. The van der Waals surface area contributed by atoms with Crippen molar-refractivity contribution in [1.29, 1.82) is 0 Å². The van der Waals surface area contributed by atoms with E-state index in [1.807, 2.05) is 0 Å². The summed E-state index contributed by atoms with van der Waals surface area (Å²) in [6.45, 7) is 0. The van der Waals surface area contributed by atoms with Crippen molar-refractivity contribution >= 4 is 49.4 Å². The second-order valence-corrected chi connectivity index (χ2v) is 16.8. The normalized spacial score (nSPS) is 13.0. The van der Waals surface area contributed by atoms with Crippen LogP contribution < -0.4 is 9.64 Å². The van der Waals surface area contributed by atoms with Gasteiger partial charge in [0.2, 0.25) is 0 Å². The third kappa shape index (κ3) is 5.32. The maximum absolute atomic E-state index is 7.19. The Morgan fingerprint density at radius 1 is 0.302 bits per heavy atom. The van der Waals surface area contributed by atoms with Crippen LogP contribution in [0, 0.1) is 0 Å². The van der Waals surface area contributed by atoms with Gasteiger partial charge in [-0.25, -0.2) is 0 Å². The van der Waals surface area contributed by atoms with Crippen LogP contribution in [-0.2, 0) is 5.41 Å². The van der Waals surface area contributed by atoms with E-state index in [9.17, 15) is 0 Å². The topological polar surface area (TPSA) is 12.5 Å². The zero-order chi connectivity index (χ0) is 41.5. The van der Waals surface area contributed by atoms with Crippen molar-refractivity contribution in [3.8, 4) is 44.9 Å². The van der Waals surface area contributed by atoms with Crippen molar-refractivity contribution < 1.29 is 4.74 Å². The molecular weight excluding hydrogens is 763 g/mol. The molecule has 11 aromatic carbocycles. The Labute approximate surface area is 366 Å². The molecule has 11 aromatic rings. The lowest BCUT2D eigenvalue weighted by molar-refractivity contribution is 0.447. The maximum atomic E-state index is 7.19. The first-order chi connectivity index (χ1) is 31.2. The van der Waals surface area contributed by atoms with Crippen LogP contribution in [0.3, 0.4) is 0 Å². The van der Waals surface area contributed by atoms with E-state index in [4.69, 9.17) is 4.74 Å². The molecule has 0 N–H and O–H groups in total.